The first-order valence-electron chi connectivity index (χ1n) is 9.57. The van der Waals surface area contributed by atoms with Gasteiger partial charge in [0.05, 0.1) is 16.6 Å². The van der Waals surface area contributed by atoms with Crippen molar-refractivity contribution in [2.45, 2.75) is 10.3 Å². The van der Waals surface area contributed by atoms with E-state index >= 15 is 0 Å². The Balaban J connectivity index is 1.50. The lowest BCUT2D eigenvalue weighted by molar-refractivity contribution is -0.117. The van der Waals surface area contributed by atoms with Crippen molar-refractivity contribution < 1.29 is 14.0 Å². The summed E-state index contributed by atoms with van der Waals surface area (Å²) in [6.45, 7) is 0. The minimum Gasteiger partial charge on any atom is -0.326 e. The van der Waals surface area contributed by atoms with E-state index in [1.807, 2.05) is 0 Å². The van der Waals surface area contributed by atoms with Crippen molar-refractivity contribution in [2.75, 3.05) is 10.6 Å². The van der Waals surface area contributed by atoms with Crippen molar-refractivity contribution in [3.05, 3.63) is 92.7 Å². The van der Waals surface area contributed by atoms with Crippen LogP contribution in [-0.4, -0.2) is 16.1 Å². The van der Waals surface area contributed by atoms with Crippen LogP contribution in [0.4, 0.5) is 15.8 Å². The Hall–Kier alpha value is -2.02. The number of benzene rings is 3. The van der Waals surface area contributed by atoms with Gasteiger partial charge in [0.1, 0.15) is 10.2 Å². The van der Waals surface area contributed by atoms with Crippen molar-refractivity contribution in [3.63, 3.8) is 0 Å². The minimum atomic E-state index is -1.33. The molecule has 1 aliphatic rings. The minimum absolute atomic E-state index is 0.121. The molecule has 0 bridgehead atoms. The van der Waals surface area contributed by atoms with E-state index in [4.69, 9.17) is 58.0 Å². The fourth-order valence-corrected chi connectivity index (χ4v) is 5.10. The summed E-state index contributed by atoms with van der Waals surface area (Å²) < 4.78 is 12.1. The van der Waals surface area contributed by atoms with Crippen LogP contribution in [0, 0.1) is 11.7 Å². The maximum Gasteiger partial charge on any atom is 0.255 e. The highest BCUT2D eigenvalue weighted by molar-refractivity contribution is 6.53. The van der Waals surface area contributed by atoms with Gasteiger partial charge in [0.2, 0.25) is 5.91 Å². The summed E-state index contributed by atoms with van der Waals surface area (Å²) in [5.74, 6) is -2.78. The van der Waals surface area contributed by atoms with E-state index in [9.17, 15) is 14.0 Å². The Morgan fingerprint density at radius 3 is 2.24 bits per heavy atom. The molecule has 0 saturated heterocycles. The standard InChI is InChI=1S/C23H14Cl5FN2O2/c24-13-6-12(7-14(25)9-13)19-20(23(19,27)28)22(33)30-16-4-5-17(26)18(10-16)31-21(32)11-2-1-3-15(29)8-11/h1-10,19-20H,(H,30,33)(H,31,32). The Morgan fingerprint density at radius 2 is 1.58 bits per heavy atom. The quantitative estimate of drug-likeness (QED) is 0.325. The molecule has 0 heterocycles. The van der Waals surface area contributed by atoms with Crippen LogP contribution in [0.15, 0.2) is 60.7 Å². The van der Waals surface area contributed by atoms with Crippen LogP contribution >= 0.6 is 58.0 Å². The normalized spacial score (nSPS) is 18.5. The zero-order valence-corrected chi connectivity index (χ0v) is 20.3. The second-order valence-electron chi connectivity index (χ2n) is 7.48. The molecule has 0 aliphatic heterocycles. The topological polar surface area (TPSA) is 58.2 Å². The molecule has 170 valence electrons. The van der Waals surface area contributed by atoms with E-state index in [0.717, 1.165) is 6.07 Å². The van der Waals surface area contributed by atoms with Gasteiger partial charge >= 0.3 is 0 Å². The van der Waals surface area contributed by atoms with Crippen LogP contribution in [0.1, 0.15) is 21.8 Å². The number of carbonyl (C=O) groups excluding carboxylic acids is 2. The molecule has 2 atom stereocenters. The average Bonchev–Trinajstić information content (AvgIpc) is 3.32. The largest absolute Gasteiger partial charge is 0.326 e. The van der Waals surface area contributed by atoms with Crippen LogP contribution in [0.25, 0.3) is 0 Å². The second-order valence-corrected chi connectivity index (χ2v) is 10.2. The molecule has 1 saturated carbocycles. The van der Waals surface area contributed by atoms with Crippen molar-refractivity contribution in [2.24, 2.45) is 5.92 Å². The number of rotatable bonds is 5. The highest BCUT2D eigenvalue weighted by Gasteiger charge is 2.67. The SMILES string of the molecule is O=C(Nc1cc(NC(=O)C2C(c3cc(Cl)cc(Cl)c3)C2(Cl)Cl)ccc1Cl)c1cccc(F)c1. The number of anilines is 2. The molecule has 2 N–H and O–H groups in total. The molecule has 33 heavy (non-hydrogen) atoms. The summed E-state index contributed by atoms with van der Waals surface area (Å²) in [5, 5.41) is 6.39. The third-order valence-electron chi connectivity index (χ3n) is 5.15. The molecule has 3 aromatic rings. The van der Waals surface area contributed by atoms with Gasteiger partial charge in [-0.05, 0) is 60.2 Å². The van der Waals surface area contributed by atoms with Crippen LogP contribution in [0.5, 0.6) is 0 Å². The molecule has 4 rings (SSSR count). The summed E-state index contributed by atoms with van der Waals surface area (Å²) in [6, 6.07) is 14.7. The van der Waals surface area contributed by atoms with E-state index < -0.39 is 33.8 Å². The summed E-state index contributed by atoms with van der Waals surface area (Å²) >= 11 is 31.1. The molecule has 2 unspecified atom stereocenters. The molecule has 1 aliphatic carbocycles. The molecule has 4 nitrogen and oxygen atoms in total. The number of alkyl halides is 2. The van der Waals surface area contributed by atoms with E-state index in [1.54, 1.807) is 24.3 Å². The molecular formula is C23H14Cl5FN2O2. The number of halogens is 6. The molecule has 10 heteroatoms. The summed E-state index contributed by atoms with van der Waals surface area (Å²) in [6.07, 6.45) is 0. The number of hydrogen-bond donors (Lipinski definition) is 2. The lowest BCUT2D eigenvalue weighted by atomic mass is 10.1. The van der Waals surface area contributed by atoms with Crippen LogP contribution < -0.4 is 10.6 Å². The summed E-state index contributed by atoms with van der Waals surface area (Å²) in [5.41, 5.74) is 1.37. The molecule has 0 radical (unpaired) electrons. The van der Waals surface area contributed by atoms with E-state index in [-0.39, 0.29) is 16.3 Å². The van der Waals surface area contributed by atoms with Gasteiger partial charge in [0.15, 0.2) is 0 Å². The zero-order valence-electron chi connectivity index (χ0n) is 16.5. The Morgan fingerprint density at radius 1 is 0.879 bits per heavy atom. The smallest absolute Gasteiger partial charge is 0.255 e. The summed E-state index contributed by atoms with van der Waals surface area (Å²) in [4.78, 5) is 25.3. The first-order chi connectivity index (χ1) is 15.6. The Bertz CT molecular complexity index is 1250. The van der Waals surface area contributed by atoms with Crippen LogP contribution in [-0.2, 0) is 4.79 Å². The van der Waals surface area contributed by atoms with E-state index in [0.29, 0.717) is 21.3 Å². The molecule has 3 aromatic carbocycles. The van der Waals surface area contributed by atoms with Crippen LogP contribution in [0.2, 0.25) is 15.1 Å². The van der Waals surface area contributed by atoms with Gasteiger partial charge in [-0.3, -0.25) is 9.59 Å². The molecule has 2 amide bonds. The number of nitrogens with one attached hydrogen (secondary N) is 2. The van der Waals surface area contributed by atoms with E-state index in [1.165, 1.54) is 30.3 Å². The monoisotopic (exact) mass is 544 g/mol. The van der Waals surface area contributed by atoms with Gasteiger partial charge in [-0.15, -0.1) is 23.2 Å². The van der Waals surface area contributed by atoms with Crippen molar-refractivity contribution in [1.29, 1.82) is 0 Å². The van der Waals surface area contributed by atoms with Gasteiger partial charge in [-0.25, -0.2) is 4.39 Å². The average molecular weight is 547 g/mol. The van der Waals surface area contributed by atoms with Gasteiger partial charge in [-0.1, -0.05) is 40.9 Å². The number of carbonyl (C=O) groups is 2. The fraction of sp³-hybridized carbons (Fsp3) is 0.130. The predicted molar refractivity (Wildman–Crippen MR) is 132 cm³/mol. The predicted octanol–water partition coefficient (Wildman–Crippen LogP) is 7.56. The van der Waals surface area contributed by atoms with Gasteiger partial charge in [-0.2, -0.15) is 0 Å². The molecule has 0 aromatic heterocycles. The Kier molecular flexibility index (Phi) is 6.81. The maximum atomic E-state index is 13.4. The molecular weight excluding hydrogens is 533 g/mol. The van der Waals surface area contributed by atoms with Crippen molar-refractivity contribution in [3.8, 4) is 0 Å². The molecule has 1 fully saturated rings. The highest BCUT2D eigenvalue weighted by atomic mass is 35.5. The Labute approximate surface area is 213 Å². The highest BCUT2D eigenvalue weighted by Crippen LogP contribution is 2.65. The molecule has 0 spiro atoms. The third-order valence-corrected chi connectivity index (χ3v) is 6.86. The lowest BCUT2D eigenvalue weighted by Gasteiger charge is -2.11. The first kappa shape index (κ1) is 24.1. The maximum absolute atomic E-state index is 13.4. The second kappa shape index (κ2) is 9.32. The first-order valence-corrected chi connectivity index (χ1v) is 11.5. The van der Waals surface area contributed by atoms with Crippen LogP contribution in [0.3, 0.4) is 0 Å². The van der Waals surface area contributed by atoms with Crippen molar-refractivity contribution in [1.82, 2.24) is 0 Å². The van der Waals surface area contributed by atoms with Crippen molar-refractivity contribution >= 4 is 81.2 Å². The number of amides is 2. The van der Waals surface area contributed by atoms with Gasteiger partial charge in [0, 0.05) is 27.2 Å². The zero-order chi connectivity index (χ0) is 23.9. The third kappa shape index (κ3) is 5.23. The fourth-order valence-electron chi connectivity index (χ4n) is 3.57. The number of hydrogen-bond acceptors (Lipinski definition) is 2. The lowest BCUT2D eigenvalue weighted by Crippen LogP contribution is -2.17. The van der Waals surface area contributed by atoms with E-state index in [2.05, 4.69) is 10.6 Å². The van der Waals surface area contributed by atoms with Gasteiger partial charge in [0.25, 0.3) is 5.91 Å². The van der Waals surface area contributed by atoms with Gasteiger partial charge < -0.3 is 10.6 Å². The summed E-state index contributed by atoms with van der Waals surface area (Å²) in [7, 11) is 0.